The molecule has 3 rings (SSSR count). The van der Waals surface area contributed by atoms with Gasteiger partial charge < -0.3 is 10.2 Å². The van der Waals surface area contributed by atoms with Crippen LogP contribution in [0.2, 0.25) is 0 Å². The molecule has 0 unspecified atom stereocenters. The van der Waals surface area contributed by atoms with Crippen molar-refractivity contribution in [1.82, 2.24) is 14.9 Å². The maximum absolute atomic E-state index is 12.7. The summed E-state index contributed by atoms with van der Waals surface area (Å²) in [6.45, 7) is 3.73. The van der Waals surface area contributed by atoms with Crippen molar-refractivity contribution < 1.29 is 9.59 Å². The van der Waals surface area contributed by atoms with Crippen LogP contribution in [0, 0.1) is 13.8 Å². The molecule has 3 aromatic rings. The molecule has 0 aliphatic heterocycles. The minimum absolute atomic E-state index is 0.0387. The second-order valence-corrected chi connectivity index (χ2v) is 7.22. The Morgan fingerprint density at radius 3 is 2.52 bits per heavy atom. The maximum atomic E-state index is 12.7. The number of thiazole rings is 1. The summed E-state index contributed by atoms with van der Waals surface area (Å²) in [5.74, 6) is -0.479. The van der Waals surface area contributed by atoms with Gasteiger partial charge in [0.2, 0.25) is 5.91 Å². The van der Waals surface area contributed by atoms with E-state index >= 15 is 0 Å². The van der Waals surface area contributed by atoms with E-state index in [1.165, 1.54) is 16.2 Å². The zero-order chi connectivity index (χ0) is 19.4. The van der Waals surface area contributed by atoms with Gasteiger partial charge in [-0.15, -0.1) is 11.3 Å². The fourth-order valence-electron chi connectivity index (χ4n) is 2.49. The Morgan fingerprint density at radius 1 is 1.11 bits per heavy atom. The Balaban J connectivity index is 1.67. The van der Waals surface area contributed by atoms with Gasteiger partial charge in [0.15, 0.2) is 0 Å². The lowest BCUT2D eigenvalue weighted by molar-refractivity contribution is -0.116. The highest BCUT2D eigenvalue weighted by Crippen LogP contribution is 2.27. The van der Waals surface area contributed by atoms with E-state index in [0.29, 0.717) is 21.3 Å². The second kappa shape index (κ2) is 8.09. The SMILES string of the molecule is Cc1ccc(NC(=O)CN(C)C(=O)c2sc(-c3ccccn3)nc2C)cc1. The van der Waals surface area contributed by atoms with Crippen LogP contribution in [-0.2, 0) is 4.79 Å². The first-order valence-electron chi connectivity index (χ1n) is 8.45. The van der Waals surface area contributed by atoms with Gasteiger partial charge in [0, 0.05) is 18.9 Å². The summed E-state index contributed by atoms with van der Waals surface area (Å²) in [4.78, 5) is 35.6. The summed E-state index contributed by atoms with van der Waals surface area (Å²) in [6.07, 6.45) is 1.69. The van der Waals surface area contributed by atoms with Gasteiger partial charge in [0.05, 0.1) is 17.9 Å². The number of aromatic nitrogens is 2. The van der Waals surface area contributed by atoms with Crippen LogP contribution in [0.15, 0.2) is 48.7 Å². The molecule has 0 atom stereocenters. The van der Waals surface area contributed by atoms with E-state index in [9.17, 15) is 9.59 Å². The van der Waals surface area contributed by atoms with Crippen molar-refractivity contribution in [2.24, 2.45) is 0 Å². The summed E-state index contributed by atoms with van der Waals surface area (Å²) in [7, 11) is 1.61. The molecule has 0 spiro atoms. The number of benzene rings is 1. The van der Waals surface area contributed by atoms with Crippen molar-refractivity contribution in [3.8, 4) is 10.7 Å². The number of hydrogen-bond acceptors (Lipinski definition) is 5. The van der Waals surface area contributed by atoms with Crippen LogP contribution in [-0.4, -0.2) is 40.3 Å². The number of pyridine rings is 1. The van der Waals surface area contributed by atoms with Crippen LogP contribution in [0.25, 0.3) is 10.7 Å². The molecule has 0 fully saturated rings. The lowest BCUT2D eigenvalue weighted by Gasteiger charge is -2.16. The zero-order valence-corrected chi connectivity index (χ0v) is 16.2. The highest BCUT2D eigenvalue weighted by Gasteiger charge is 2.21. The minimum Gasteiger partial charge on any atom is -0.332 e. The van der Waals surface area contributed by atoms with E-state index in [4.69, 9.17) is 0 Å². The molecule has 0 aliphatic carbocycles. The van der Waals surface area contributed by atoms with Crippen LogP contribution in [0.1, 0.15) is 20.9 Å². The third-order valence-corrected chi connectivity index (χ3v) is 5.11. The van der Waals surface area contributed by atoms with Gasteiger partial charge in [-0.05, 0) is 38.1 Å². The Morgan fingerprint density at radius 2 is 1.85 bits per heavy atom. The maximum Gasteiger partial charge on any atom is 0.266 e. The van der Waals surface area contributed by atoms with E-state index in [1.807, 2.05) is 49.4 Å². The van der Waals surface area contributed by atoms with Crippen LogP contribution in [0.3, 0.4) is 0 Å². The lowest BCUT2D eigenvalue weighted by Crippen LogP contribution is -2.34. The number of likely N-dealkylation sites (N-methyl/N-ethyl adjacent to an activating group) is 1. The van der Waals surface area contributed by atoms with E-state index in [0.717, 1.165) is 11.3 Å². The van der Waals surface area contributed by atoms with Gasteiger partial charge in [0.1, 0.15) is 9.88 Å². The number of nitrogens with one attached hydrogen (secondary N) is 1. The Labute approximate surface area is 161 Å². The summed E-state index contributed by atoms with van der Waals surface area (Å²) in [5, 5.41) is 3.49. The molecule has 2 heterocycles. The second-order valence-electron chi connectivity index (χ2n) is 6.22. The number of carbonyl (C=O) groups is 2. The minimum atomic E-state index is -0.248. The highest BCUT2D eigenvalue weighted by atomic mass is 32.1. The molecule has 1 aromatic carbocycles. The fraction of sp³-hybridized carbons (Fsp3) is 0.200. The average molecular weight is 380 g/mol. The predicted molar refractivity (Wildman–Crippen MR) is 107 cm³/mol. The summed E-state index contributed by atoms with van der Waals surface area (Å²) in [6, 6.07) is 13.1. The summed E-state index contributed by atoms with van der Waals surface area (Å²) in [5.41, 5.74) is 3.18. The number of rotatable bonds is 5. The summed E-state index contributed by atoms with van der Waals surface area (Å²) >= 11 is 1.29. The van der Waals surface area contributed by atoms with Crippen molar-refractivity contribution in [2.75, 3.05) is 18.9 Å². The van der Waals surface area contributed by atoms with Crippen molar-refractivity contribution in [3.05, 3.63) is 64.8 Å². The molecule has 7 heteroatoms. The van der Waals surface area contributed by atoms with Crippen LogP contribution < -0.4 is 5.32 Å². The van der Waals surface area contributed by atoms with Gasteiger partial charge in [-0.1, -0.05) is 23.8 Å². The van der Waals surface area contributed by atoms with Gasteiger partial charge in [-0.25, -0.2) is 4.98 Å². The van der Waals surface area contributed by atoms with E-state index in [2.05, 4.69) is 15.3 Å². The standard InChI is InChI=1S/C20H20N4O2S/c1-13-7-9-15(10-8-13)23-17(25)12-24(3)20(26)18-14(2)22-19(27-18)16-6-4-5-11-21-16/h4-11H,12H2,1-3H3,(H,23,25). The number of amides is 2. The number of aryl methyl sites for hydroxylation is 2. The Kier molecular flexibility index (Phi) is 5.61. The quantitative estimate of drug-likeness (QED) is 0.735. The Hall–Kier alpha value is -3.06. The van der Waals surface area contributed by atoms with Crippen molar-refractivity contribution in [2.45, 2.75) is 13.8 Å². The number of hydrogen-bond donors (Lipinski definition) is 1. The Bertz CT molecular complexity index is 952. The van der Waals surface area contributed by atoms with Gasteiger partial charge in [-0.2, -0.15) is 0 Å². The zero-order valence-electron chi connectivity index (χ0n) is 15.4. The first kappa shape index (κ1) is 18.7. The van der Waals surface area contributed by atoms with Crippen LogP contribution >= 0.6 is 11.3 Å². The molecule has 0 bridgehead atoms. The number of anilines is 1. The van der Waals surface area contributed by atoms with Crippen molar-refractivity contribution in [1.29, 1.82) is 0 Å². The van der Waals surface area contributed by atoms with Gasteiger partial charge in [0.25, 0.3) is 5.91 Å². The molecular formula is C20H20N4O2S. The van der Waals surface area contributed by atoms with E-state index in [1.54, 1.807) is 20.2 Å². The summed E-state index contributed by atoms with van der Waals surface area (Å²) < 4.78 is 0. The molecule has 2 amide bonds. The van der Waals surface area contributed by atoms with Crippen molar-refractivity contribution in [3.63, 3.8) is 0 Å². The monoisotopic (exact) mass is 380 g/mol. The molecule has 1 N–H and O–H groups in total. The third-order valence-electron chi connectivity index (χ3n) is 3.94. The molecule has 0 saturated heterocycles. The molecule has 0 aliphatic rings. The first-order valence-corrected chi connectivity index (χ1v) is 9.26. The lowest BCUT2D eigenvalue weighted by atomic mass is 10.2. The smallest absolute Gasteiger partial charge is 0.266 e. The van der Waals surface area contributed by atoms with Crippen LogP contribution in [0.5, 0.6) is 0 Å². The molecule has 138 valence electrons. The average Bonchev–Trinajstić information content (AvgIpc) is 3.05. The molecular weight excluding hydrogens is 360 g/mol. The van der Waals surface area contributed by atoms with Gasteiger partial charge in [-0.3, -0.25) is 14.6 Å². The molecule has 0 saturated carbocycles. The fourth-order valence-corrected chi connectivity index (χ4v) is 3.53. The number of nitrogens with zero attached hydrogens (tertiary/aromatic N) is 3. The largest absolute Gasteiger partial charge is 0.332 e. The van der Waals surface area contributed by atoms with Gasteiger partial charge >= 0.3 is 0 Å². The highest BCUT2D eigenvalue weighted by molar-refractivity contribution is 7.17. The third kappa shape index (κ3) is 4.57. The molecule has 2 aromatic heterocycles. The predicted octanol–water partition coefficient (Wildman–Crippen LogP) is 3.53. The van der Waals surface area contributed by atoms with Crippen molar-refractivity contribution >= 4 is 28.8 Å². The molecule has 0 radical (unpaired) electrons. The van der Waals surface area contributed by atoms with E-state index in [-0.39, 0.29) is 18.4 Å². The van der Waals surface area contributed by atoms with Crippen LogP contribution in [0.4, 0.5) is 5.69 Å². The molecule has 27 heavy (non-hydrogen) atoms. The van der Waals surface area contributed by atoms with E-state index < -0.39 is 0 Å². The topological polar surface area (TPSA) is 75.2 Å². The molecule has 6 nitrogen and oxygen atoms in total. The number of carbonyl (C=O) groups excluding carboxylic acids is 2. The normalized spacial score (nSPS) is 10.5. The first-order chi connectivity index (χ1) is 12.9.